The van der Waals surface area contributed by atoms with Gasteiger partial charge in [0.25, 0.3) is 0 Å². The minimum atomic E-state index is -0.600. The van der Waals surface area contributed by atoms with E-state index in [0.717, 1.165) is 109 Å². The van der Waals surface area contributed by atoms with Gasteiger partial charge in [-0.25, -0.2) is 0 Å². The molecule has 0 aliphatic rings. The molecule has 0 radical (unpaired) electrons. The fraction of sp³-hybridized carbons (Fsp3) is 0.490. The highest BCUT2D eigenvalue weighted by Crippen LogP contribution is 2.05. The number of ether oxygens (including phenoxy) is 2. The van der Waals surface area contributed by atoms with E-state index >= 15 is 0 Å². The van der Waals surface area contributed by atoms with Crippen molar-refractivity contribution in [2.45, 2.75) is 136 Å². The van der Waals surface area contributed by atoms with Gasteiger partial charge < -0.3 is 14.6 Å². The molecule has 294 valence electrons. The third-order valence-corrected chi connectivity index (χ3v) is 7.66. The fourth-order valence-corrected chi connectivity index (χ4v) is 4.69. The normalized spacial score (nSPS) is 13.9. The highest BCUT2D eigenvalue weighted by atomic mass is 16.6. The maximum Gasteiger partial charge on any atom is 0.306 e. The minimum absolute atomic E-state index is 0.225. The summed E-state index contributed by atoms with van der Waals surface area (Å²) in [6.45, 7) is 4.91. The van der Waals surface area contributed by atoms with Crippen molar-refractivity contribution in [1.29, 1.82) is 0 Å². The smallest absolute Gasteiger partial charge is 0.306 e. The van der Waals surface area contributed by atoms with Crippen LogP contribution in [0.1, 0.15) is 129 Å². The average molecular weight is 727 g/mol. The van der Waals surface area contributed by atoms with E-state index in [4.69, 9.17) is 9.47 Å². The van der Waals surface area contributed by atoms with Crippen LogP contribution >= 0.6 is 0 Å². The Balaban J connectivity index is 3.72. The number of aliphatic hydroxyl groups is 1. The molecule has 4 nitrogen and oxygen atoms in total. The van der Waals surface area contributed by atoms with Crippen molar-refractivity contribution in [3.8, 4) is 0 Å². The summed E-state index contributed by atoms with van der Waals surface area (Å²) in [6.07, 6.45) is 69.1. The van der Waals surface area contributed by atoms with Crippen LogP contribution < -0.4 is 0 Å². The first-order chi connectivity index (χ1) is 26.2. The molecular weight excluding hydrogens is 653 g/mol. The molecule has 0 saturated carbocycles. The first kappa shape index (κ1) is 49.3. The molecule has 1 unspecified atom stereocenters. The van der Waals surface area contributed by atoms with Gasteiger partial charge >= 0.3 is 5.97 Å². The lowest BCUT2D eigenvalue weighted by atomic mass is 10.2. The number of esters is 1. The van der Waals surface area contributed by atoms with Crippen molar-refractivity contribution in [3.05, 3.63) is 146 Å². The topological polar surface area (TPSA) is 55.8 Å². The van der Waals surface area contributed by atoms with Gasteiger partial charge in [0.15, 0.2) is 0 Å². The number of aliphatic hydroxyl groups excluding tert-OH is 1. The Hall–Kier alpha value is -3.73. The van der Waals surface area contributed by atoms with E-state index in [0.29, 0.717) is 13.0 Å². The van der Waals surface area contributed by atoms with Crippen LogP contribution in [-0.4, -0.2) is 37.0 Å². The predicted molar refractivity (Wildman–Crippen MR) is 232 cm³/mol. The lowest BCUT2D eigenvalue weighted by Crippen LogP contribution is -2.27. The van der Waals surface area contributed by atoms with E-state index in [1.54, 1.807) is 0 Å². The van der Waals surface area contributed by atoms with Crippen molar-refractivity contribution in [1.82, 2.24) is 0 Å². The van der Waals surface area contributed by atoms with Gasteiger partial charge in [0.2, 0.25) is 0 Å². The molecule has 0 bridgehead atoms. The van der Waals surface area contributed by atoms with Crippen LogP contribution in [0.4, 0.5) is 0 Å². The average Bonchev–Trinajstić information content (AvgIpc) is 3.16. The zero-order valence-electron chi connectivity index (χ0n) is 33.5. The molecule has 0 rings (SSSR count). The molecule has 0 fully saturated rings. The van der Waals surface area contributed by atoms with Crippen molar-refractivity contribution >= 4 is 5.97 Å². The van der Waals surface area contributed by atoms with Gasteiger partial charge in [-0.15, -0.1) is 0 Å². The summed E-state index contributed by atoms with van der Waals surface area (Å²) in [4.78, 5) is 12.2. The van der Waals surface area contributed by atoms with Crippen molar-refractivity contribution in [2.24, 2.45) is 0 Å². The standard InChI is InChI=1S/C49H74O4/c1-3-5-7-9-11-13-15-17-19-21-23-24-25-26-27-28-30-32-34-36-38-40-42-44-49(51)53-48(46-50)47-52-45-43-41-39-37-35-33-31-29-22-20-18-16-14-12-10-8-6-4-2/h5-8,11-14,17-20,23-24,26-27,29-32,35-38,48,50H,3-4,9-10,15-16,21-22,25,28,33-34,39-47H2,1-2H3/b7-5-,8-6-,13-11-,14-12-,19-17-,20-18-,24-23-,27-26-,31-29-,32-30-,37-35-,38-36-. The highest BCUT2D eigenvalue weighted by molar-refractivity contribution is 5.69. The predicted octanol–water partition coefficient (Wildman–Crippen LogP) is 13.6. The quantitative estimate of drug-likeness (QED) is 0.0401. The number of carbonyl (C=O) groups is 1. The van der Waals surface area contributed by atoms with Crippen molar-refractivity contribution in [3.63, 3.8) is 0 Å². The molecule has 1 atom stereocenters. The van der Waals surface area contributed by atoms with E-state index in [1.807, 2.05) is 0 Å². The first-order valence-corrected chi connectivity index (χ1v) is 20.4. The lowest BCUT2D eigenvalue weighted by Gasteiger charge is -2.15. The van der Waals surface area contributed by atoms with Crippen molar-refractivity contribution < 1.29 is 19.4 Å². The molecule has 0 amide bonds. The van der Waals surface area contributed by atoms with E-state index < -0.39 is 6.10 Å². The zero-order chi connectivity index (χ0) is 38.4. The van der Waals surface area contributed by atoms with E-state index in [9.17, 15) is 9.90 Å². The maximum atomic E-state index is 12.2. The van der Waals surface area contributed by atoms with Crippen LogP contribution in [0.25, 0.3) is 0 Å². The molecule has 1 N–H and O–H groups in total. The Bertz CT molecular complexity index is 1170. The molecule has 53 heavy (non-hydrogen) atoms. The number of allylic oxidation sites excluding steroid dienone is 24. The van der Waals surface area contributed by atoms with Crippen molar-refractivity contribution in [2.75, 3.05) is 19.8 Å². The second-order valence-corrected chi connectivity index (χ2v) is 12.6. The summed E-state index contributed by atoms with van der Waals surface area (Å²) >= 11 is 0. The summed E-state index contributed by atoms with van der Waals surface area (Å²) in [5.74, 6) is -0.281. The second-order valence-electron chi connectivity index (χ2n) is 12.6. The van der Waals surface area contributed by atoms with Crippen LogP contribution in [0.2, 0.25) is 0 Å². The Morgan fingerprint density at radius 1 is 0.453 bits per heavy atom. The third-order valence-electron chi connectivity index (χ3n) is 7.66. The molecule has 0 aliphatic heterocycles. The van der Waals surface area contributed by atoms with Crippen LogP contribution in [0, 0.1) is 0 Å². The fourth-order valence-electron chi connectivity index (χ4n) is 4.69. The van der Waals surface area contributed by atoms with Gasteiger partial charge in [0.05, 0.1) is 13.2 Å². The van der Waals surface area contributed by atoms with Gasteiger partial charge in [0, 0.05) is 13.0 Å². The summed E-state index contributed by atoms with van der Waals surface area (Å²) in [5, 5.41) is 9.58. The molecule has 4 heteroatoms. The molecule has 0 heterocycles. The Labute approximate surface area is 325 Å². The number of unbranched alkanes of at least 4 members (excludes halogenated alkanes) is 3. The molecule has 0 aromatic heterocycles. The largest absolute Gasteiger partial charge is 0.457 e. The van der Waals surface area contributed by atoms with Gasteiger partial charge in [0.1, 0.15) is 6.10 Å². The third kappa shape index (κ3) is 42.6. The second kappa shape index (κ2) is 44.4. The minimum Gasteiger partial charge on any atom is -0.457 e. The van der Waals surface area contributed by atoms with Gasteiger partial charge in [-0.3, -0.25) is 4.79 Å². The Morgan fingerprint density at radius 3 is 1.11 bits per heavy atom. The van der Waals surface area contributed by atoms with Gasteiger partial charge in [-0.2, -0.15) is 0 Å². The molecular formula is C49H74O4. The number of hydrogen-bond acceptors (Lipinski definition) is 4. The van der Waals surface area contributed by atoms with Gasteiger partial charge in [-0.05, 0) is 109 Å². The monoisotopic (exact) mass is 727 g/mol. The first-order valence-electron chi connectivity index (χ1n) is 20.4. The molecule has 0 aromatic carbocycles. The Kier molecular flexibility index (Phi) is 41.3. The Morgan fingerprint density at radius 2 is 0.774 bits per heavy atom. The molecule has 0 aliphatic carbocycles. The highest BCUT2D eigenvalue weighted by Gasteiger charge is 2.13. The maximum absolute atomic E-state index is 12.2. The zero-order valence-corrected chi connectivity index (χ0v) is 33.5. The molecule has 0 aromatic rings. The summed E-state index contributed by atoms with van der Waals surface area (Å²) < 4.78 is 11.1. The summed E-state index contributed by atoms with van der Waals surface area (Å²) in [7, 11) is 0. The van der Waals surface area contributed by atoms with Crippen LogP contribution in [0.15, 0.2) is 146 Å². The molecule has 0 spiro atoms. The van der Waals surface area contributed by atoms with Crippen LogP contribution in [0.5, 0.6) is 0 Å². The van der Waals surface area contributed by atoms with E-state index in [2.05, 4.69) is 160 Å². The number of hydrogen-bond donors (Lipinski definition) is 1. The summed E-state index contributed by atoms with van der Waals surface area (Å²) in [5.41, 5.74) is 0. The number of carbonyl (C=O) groups excluding carboxylic acids is 1. The van der Waals surface area contributed by atoms with Crippen LogP contribution in [-0.2, 0) is 14.3 Å². The lowest BCUT2D eigenvalue weighted by molar-refractivity contribution is -0.154. The van der Waals surface area contributed by atoms with E-state index in [1.165, 1.54) is 0 Å². The van der Waals surface area contributed by atoms with Gasteiger partial charge in [-0.1, -0.05) is 160 Å². The SMILES string of the molecule is CC/C=C\C/C=C\C/C=C\C/C=C\C/C=C\C/C=C\C/C=C\CCCC(=O)OC(CO)COCCCC/C=C\C/C=C\C/C=C\C/C=C\C/C=C\CC. The molecule has 0 saturated heterocycles. The number of rotatable bonds is 35. The van der Waals surface area contributed by atoms with Crippen LogP contribution in [0.3, 0.4) is 0 Å². The van der Waals surface area contributed by atoms with E-state index in [-0.39, 0.29) is 19.2 Å². The summed E-state index contributed by atoms with van der Waals surface area (Å²) in [6, 6.07) is 0.